The lowest BCUT2D eigenvalue weighted by atomic mass is 10.3. The van der Waals surface area contributed by atoms with Crippen molar-refractivity contribution in [2.24, 2.45) is 0 Å². The Morgan fingerprint density at radius 1 is 1.27 bits per heavy atom. The third-order valence-electron chi connectivity index (χ3n) is 3.38. The van der Waals surface area contributed by atoms with Crippen molar-refractivity contribution in [3.63, 3.8) is 0 Å². The summed E-state index contributed by atoms with van der Waals surface area (Å²) in [5, 5.41) is 10.9. The minimum atomic E-state index is -0.157. The average molecular weight is 319 g/mol. The highest BCUT2D eigenvalue weighted by atomic mass is 35.5. The number of carbonyl (C=O) groups is 1. The lowest BCUT2D eigenvalue weighted by molar-refractivity contribution is 0.195. The molecule has 2 heterocycles. The molecule has 0 unspecified atom stereocenters. The fourth-order valence-corrected chi connectivity index (χ4v) is 2.41. The molecule has 6 nitrogen and oxygen atoms in total. The largest absolute Gasteiger partial charge is 0.489 e. The molecule has 0 radical (unpaired) electrons. The van der Waals surface area contributed by atoms with Gasteiger partial charge in [-0.25, -0.2) is 4.79 Å². The first-order valence-electron chi connectivity index (χ1n) is 6.95. The van der Waals surface area contributed by atoms with Gasteiger partial charge in [0.15, 0.2) is 0 Å². The number of amides is 2. The van der Waals surface area contributed by atoms with Gasteiger partial charge in [0, 0.05) is 18.0 Å². The molecule has 1 saturated heterocycles. The van der Waals surface area contributed by atoms with Crippen molar-refractivity contribution < 1.29 is 9.53 Å². The van der Waals surface area contributed by atoms with E-state index in [4.69, 9.17) is 16.3 Å². The number of benzene rings is 1. The standard InChI is InChI=1S/C15H15ClN4O2/c16-11-1-3-13(4-2-11)22-14-6-8-20(10-14)15(21)19-12-5-7-17-18-9-12/h1-5,7,9,14H,6,8,10H2,(H,17,19,21)/t14-/m0/s1. The molecule has 1 aliphatic rings. The summed E-state index contributed by atoms with van der Waals surface area (Å²) in [6, 6.07) is 8.76. The topological polar surface area (TPSA) is 67.4 Å². The zero-order chi connectivity index (χ0) is 15.4. The summed E-state index contributed by atoms with van der Waals surface area (Å²) >= 11 is 5.84. The van der Waals surface area contributed by atoms with Crippen LogP contribution in [0.25, 0.3) is 0 Å². The fraction of sp³-hybridized carbons (Fsp3) is 0.267. The van der Waals surface area contributed by atoms with E-state index in [-0.39, 0.29) is 12.1 Å². The Balaban J connectivity index is 1.53. The van der Waals surface area contributed by atoms with Crippen LogP contribution in [0.5, 0.6) is 5.75 Å². The van der Waals surface area contributed by atoms with E-state index in [9.17, 15) is 4.79 Å². The van der Waals surface area contributed by atoms with Crippen LogP contribution < -0.4 is 10.1 Å². The summed E-state index contributed by atoms with van der Waals surface area (Å²) in [4.78, 5) is 13.9. The molecular formula is C15H15ClN4O2. The van der Waals surface area contributed by atoms with Crippen LogP contribution >= 0.6 is 11.6 Å². The number of urea groups is 1. The Bertz CT molecular complexity index is 636. The monoisotopic (exact) mass is 318 g/mol. The summed E-state index contributed by atoms with van der Waals surface area (Å²) in [5.74, 6) is 0.759. The van der Waals surface area contributed by atoms with Crippen molar-refractivity contribution in [2.75, 3.05) is 18.4 Å². The van der Waals surface area contributed by atoms with E-state index in [1.807, 2.05) is 12.1 Å². The second-order valence-electron chi connectivity index (χ2n) is 4.99. The molecule has 1 N–H and O–H groups in total. The fourth-order valence-electron chi connectivity index (χ4n) is 2.28. The van der Waals surface area contributed by atoms with Gasteiger partial charge in [-0.3, -0.25) is 0 Å². The van der Waals surface area contributed by atoms with Gasteiger partial charge >= 0.3 is 6.03 Å². The van der Waals surface area contributed by atoms with Gasteiger partial charge in [0.2, 0.25) is 0 Å². The molecule has 1 aliphatic heterocycles. The van der Waals surface area contributed by atoms with Gasteiger partial charge in [0.05, 0.1) is 24.6 Å². The number of nitrogens with one attached hydrogen (secondary N) is 1. The molecule has 0 bridgehead atoms. The van der Waals surface area contributed by atoms with Crippen molar-refractivity contribution in [3.05, 3.63) is 47.7 Å². The van der Waals surface area contributed by atoms with E-state index in [0.29, 0.717) is 23.8 Å². The molecular weight excluding hydrogens is 304 g/mol. The van der Waals surface area contributed by atoms with Gasteiger partial charge in [-0.15, -0.1) is 0 Å². The van der Waals surface area contributed by atoms with Crippen LogP contribution in [-0.4, -0.2) is 40.3 Å². The molecule has 7 heteroatoms. The number of nitrogens with zero attached hydrogens (tertiary/aromatic N) is 3. The summed E-state index contributed by atoms with van der Waals surface area (Å²) < 4.78 is 5.86. The van der Waals surface area contributed by atoms with E-state index in [1.54, 1.807) is 23.1 Å². The normalized spacial score (nSPS) is 17.3. The van der Waals surface area contributed by atoms with Crippen molar-refractivity contribution in [3.8, 4) is 5.75 Å². The van der Waals surface area contributed by atoms with Crippen LogP contribution in [0.3, 0.4) is 0 Å². The number of likely N-dealkylation sites (tertiary alicyclic amines) is 1. The average Bonchev–Trinajstić information content (AvgIpc) is 2.99. The minimum absolute atomic E-state index is 0.0116. The maximum atomic E-state index is 12.2. The molecule has 1 fully saturated rings. The van der Waals surface area contributed by atoms with Crippen molar-refractivity contribution >= 4 is 23.3 Å². The van der Waals surface area contributed by atoms with E-state index >= 15 is 0 Å². The van der Waals surface area contributed by atoms with Crippen molar-refractivity contribution in [2.45, 2.75) is 12.5 Å². The Hall–Kier alpha value is -2.34. The predicted octanol–water partition coefficient (Wildman–Crippen LogP) is 2.82. The van der Waals surface area contributed by atoms with Crippen molar-refractivity contribution in [1.29, 1.82) is 0 Å². The quantitative estimate of drug-likeness (QED) is 0.945. The molecule has 22 heavy (non-hydrogen) atoms. The molecule has 2 aromatic rings. The molecule has 1 aromatic heterocycles. The number of aromatic nitrogens is 2. The third kappa shape index (κ3) is 3.65. The van der Waals surface area contributed by atoms with E-state index in [0.717, 1.165) is 12.2 Å². The number of hydrogen-bond donors (Lipinski definition) is 1. The van der Waals surface area contributed by atoms with Gasteiger partial charge in [-0.2, -0.15) is 10.2 Å². The second kappa shape index (κ2) is 6.62. The van der Waals surface area contributed by atoms with E-state index in [2.05, 4.69) is 15.5 Å². The zero-order valence-electron chi connectivity index (χ0n) is 11.8. The summed E-state index contributed by atoms with van der Waals surface area (Å²) in [6.45, 7) is 1.20. The number of halogens is 1. The first-order valence-corrected chi connectivity index (χ1v) is 7.33. The summed E-state index contributed by atoms with van der Waals surface area (Å²) in [7, 11) is 0. The van der Waals surface area contributed by atoms with E-state index < -0.39 is 0 Å². The third-order valence-corrected chi connectivity index (χ3v) is 3.64. The number of ether oxygens (including phenoxy) is 1. The molecule has 1 atom stereocenters. The molecule has 1 aromatic carbocycles. The van der Waals surface area contributed by atoms with Crippen LogP contribution in [0, 0.1) is 0 Å². The van der Waals surface area contributed by atoms with Crippen molar-refractivity contribution in [1.82, 2.24) is 15.1 Å². The molecule has 114 valence electrons. The Morgan fingerprint density at radius 3 is 2.82 bits per heavy atom. The molecule has 0 saturated carbocycles. The molecule has 3 rings (SSSR count). The first kappa shape index (κ1) is 14.6. The van der Waals surface area contributed by atoms with Gasteiger partial charge < -0.3 is 15.0 Å². The molecule has 0 aliphatic carbocycles. The maximum Gasteiger partial charge on any atom is 0.322 e. The van der Waals surface area contributed by atoms with Gasteiger partial charge in [0.1, 0.15) is 11.9 Å². The predicted molar refractivity (Wildman–Crippen MR) is 83.1 cm³/mol. The molecule has 0 spiro atoms. The second-order valence-corrected chi connectivity index (χ2v) is 5.43. The number of anilines is 1. The molecule has 2 amide bonds. The van der Waals surface area contributed by atoms with Crippen LogP contribution in [-0.2, 0) is 0 Å². The lowest BCUT2D eigenvalue weighted by Gasteiger charge is -2.17. The van der Waals surface area contributed by atoms with Gasteiger partial charge in [0.25, 0.3) is 0 Å². The Morgan fingerprint density at radius 2 is 2.09 bits per heavy atom. The number of hydrogen-bond acceptors (Lipinski definition) is 4. The smallest absolute Gasteiger partial charge is 0.322 e. The number of carbonyl (C=O) groups excluding carboxylic acids is 1. The van der Waals surface area contributed by atoms with Crippen LogP contribution in [0.1, 0.15) is 6.42 Å². The van der Waals surface area contributed by atoms with Crippen LogP contribution in [0.2, 0.25) is 5.02 Å². The minimum Gasteiger partial charge on any atom is -0.489 e. The highest BCUT2D eigenvalue weighted by molar-refractivity contribution is 6.30. The highest BCUT2D eigenvalue weighted by Gasteiger charge is 2.27. The highest BCUT2D eigenvalue weighted by Crippen LogP contribution is 2.21. The zero-order valence-corrected chi connectivity index (χ0v) is 12.5. The van der Waals surface area contributed by atoms with Crippen LogP contribution in [0.4, 0.5) is 10.5 Å². The SMILES string of the molecule is O=C(Nc1ccnnc1)N1CC[C@H](Oc2ccc(Cl)cc2)C1. The summed E-state index contributed by atoms with van der Waals surface area (Å²) in [5.41, 5.74) is 0.627. The lowest BCUT2D eigenvalue weighted by Crippen LogP contribution is -2.34. The Labute approximate surface area is 133 Å². The Kier molecular flexibility index (Phi) is 4.39. The number of rotatable bonds is 3. The van der Waals surface area contributed by atoms with Gasteiger partial charge in [-0.1, -0.05) is 11.6 Å². The first-order chi connectivity index (χ1) is 10.7. The summed E-state index contributed by atoms with van der Waals surface area (Å²) in [6.07, 6.45) is 3.83. The van der Waals surface area contributed by atoms with Gasteiger partial charge in [-0.05, 0) is 30.3 Å². The maximum absolute atomic E-state index is 12.2. The van der Waals surface area contributed by atoms with Crippen LogP contribution in [0.15, 0.2) is 42.7 Å². The van der Waals surface area contributed by atoms with E-state index in [1.165, 1.54) is 12.4 Å².